The van der Waals surface area contributed by atoms with E-state index in [1.807, 2.05) is 32.0 Å². The number of nitrogens with zero attached hydrogens (tertiary/aromatic N) is 1. The van der Waals surface area contributed by atoms with Gasteiger partial charge >= 0.3 is 0 Å². The van der Waals surface area contributed by atoms with Gasteiger partial charge in [-0.1, -0.05) is 47.0 Å². The predicted octanol–water partition coefficient (Wildman–Crippen LogP) is 4.84. The molecule has 2 aromatic rings. The minimum Gasteiger partial charge on any atom is -0.385 e. The summed E-state index contributed by atoms with van der Waals surface area (Å²) < 4.78 is 5.05. The second-order valence-corrected chi connectivity index (χ2v) is 7.77. The van der Waals surface area contributed by atoms with E-state index in [4.69, 9.17) is 27.9 Å². The molecule has 0 fully saturated rings. The largest absolute Gasteiger partial charge is 0.385 e. The molecule has 0 aliphatic carbocycles. The topological polar surface area (TPSA) is 58.6 Å². The van der Waals surface area contributed by atoms with Crippen LogP contribution in [0.3, 0.4) is 0 Å². The molecule has 0 unspecified atom stereocenters. The second-order valence-electron chi connectivity index (χ2n) is 6.93. The van der Waals surface area contributed by atoms with Crippen LogP contribution in [-0.2, 0) is 14.3 Å². The summed E-state index contributed by atoms with van der Waals surface area (Å²) in [4.78, 5) is 27.5. The van der Waals surface area contributed by atoms with Crippen molar-refractivity contribution in [2.45, 2.75) is 20.3 Å². The summed E-state index contributed by atoms with van der Waals surface area (Å²) in [6.07, 6.45) is 0.548. The van der Waals surface area contributed by atoms with Crippen molar-refractivity contribution < 1.29 is 14.3 Å². The smallest absolute Gasteiger partial charge is 0.278 e. The first kappa shape index (κ1) is 21.4. The Bertz CT molecular complexity index is 1000. The summed E-state index contributed by atoms with van der Waals surface area (Å²) in [7, 11) is 1.58. The number of hydrogen-bond donors (Lipinski definition) is 1. The van der Waals surface area contributed by atoms with Gasteiger partial charge in [0.25, 0.3) is 11.8 Å². The molecule has 3 rings (SSSR count). The van der Waals surface area contributed by atoms with Crippen LogP contribution < -0.4 is 5.32 Å². The third-order valence-electron chi connectivity index (χ3n) is 4.74. The molecule has 1 N–H and O–H groups in total. The molecule has 0 saturated heterocycles. The molecular weight excluding hydrogens is 411 g/mol. The summed E-state index contributed by atoms with van der Waals surface area (Å²) in [5, 5.41) is 3.94. The minimum absolute atomic E-state index is 0.212. The zero-order chi connectivity index (χ0) is 21.1. The second kappa shape index (κ2) is 8.99. The van der Waals surface area contributed by atoms with Crippen LogP contribution in [0.5, 0.6) is 0 Å². The van der Waals surface area contributed by atoms with E-state index in [2.05, 4.69) is 5.32 Å². The van der Waals surface area contributed by atoms with E-state index in [0.717, 1.165) is 16.8 Å². The maximum atomic E-state index is 13.2. The van der Waals surface area contributed by atoms with Gasteiger partial charge in [0, 0.05) is 36.5 Å². The number of nitrogens with one attached hydrogen (secondary N) is 1. The molecule has 2 aromatic carbocycles. The number of anilines is 1. The van der Waals surface area contributed by atoms with Gasteiger partial charge in [0.15, 0.2) is 0 Å². The molecule has 29 heavy (non-hydrogen) atoms. The first-order valence-electron chi connectivity index (χ1n) is 9.22. The molecular formula is C22H22Cl2N2O3. The number of imide groups is 1. The Morgan fingerprint density at radius 1 is 1.03 bits per heavy atom. The van der Waals surface area contributed by atoms with Crippen molar-refractivity contribution in [3.8, 4) is 0 Å². The molecule has 5 nitrogen and oxygen atoms in total. The standard InChI is InChI=1S/C22H22Cl2N2O3/c1-13-5-8-18(14(2)11-13)25-20-19(16-7-6-15(23)12-17(16)24)21(27)26(22(20)28)9-4-10-29-3/h5-8,11-12,25H,4,9-10H2,1-3H3. The number of benzene rings is 2. The molecule has 1 aliphatic heterocycles. The Morgan fingerprint density at radius 2 is 1.79 bits per heavy atom. The van der Waals surface area contributed by atoms with Crippen LogP contribution >= 0.6 is 23.2 Å². The fraction of sp³-hybridized carbons (Fsp3) is 0.273. The van der Waals surface area contributed by atoms with Gasteiger partial charge in [-0.05, 0) is 44.0 Å². The molecule has 0 aromatic heterocycles. The number of halogens is 2. The van der Waals surface area contributed by atoms with Crippen molar-refractivity contribution >= 4 is 46.3 Å². The summed E-state index contributed by atoms with van der Waals surface area (Å²) in [6, 6.07) is 10.7. The lowest BCUT2D eigenvalue weighted by molar-refractivity contribution is -0.136. The molecule has 0 radical (unpaired) electrons. The van der Waals surface area contributed by atoms with Crippen molar-refractivity contribution in [2.75, 3.05) is 25.6 Å². The summed E-state index contributed by atoms with van der Waals surface area (Å²) in [5.41, 5.74) is 3.76. The number of amides is 2. The highest BCUT2D eigenvalue weighted by Crippen LogP contribution is 2.35. The molecule has 1 heterocycles. The fourth-order valence-electron chi connectivity index (χ4n) is 3.29. The third kappa shape index (κ3) is 4.47. The van der Waals surface area contributed by atoms with Crippen molar-refractivity contribution in [2.24, 2.45) is 0 Å². The van der Waals surface area contributed by atoms with Crippen LogP contribution in [0.15, 0.2) is 42.1 Å². The van der Waals surface area contributed by atoms with E-state index in [0.29, 0.717) is 28.6 Å². The Hall–Kier alpha value is -2.34. The normalized spacial score (nSPS) is 14.2. The van der Waals surface area contributed by atoms with Gasteiger partial charge in [0.05, 0.1) is 10.6 Å². The maximum Gasteiger partial charge on any atom is 0.278 e. The first-order chi connectivity index (χ1) is 13.8. The molecule has 7 heteroatoms. The Labute approximate surface area is 180 Å². The maximum absolute atomic E-state index is 13.2. The van der Waals surface area contributed by atoms with Crippen molar-refractivity contribution in [1.82, 2.24) is 4.90 Å². The number of ether oxygens (including phenoxy) is 1. The Balaban J connectivity index is 2.06. The van der Waals surface area contributed by atoms with E-state index in [9.17, 15) is 9.59 Å². The van der Waals surface area contributed by atoms with Gasteiger partial charge in [-0.15, -0.1) is 0 Å². The zero-order valence-electron chi connectivity index (χ0n) is 16.5. The van der Waals surface area contributed by atoms with Gasteiger partial charge in [0.2, 0.25) is 0 Å². The highest BCUT2D eigenvalue weighted by Gasteiger charge is 2.39. The lowest BCUT2D eigenvalue weighted by atomic mass is 10.0. The van der Waals surface area contributed by atoms with Crippen LogP contribution in [0.1, 0.15) is 23.1 Å². The third-order valence-corrected chi connectivity index (χ3v) is 5.29. The number of hydrogen-bond acceptors (Lipinski definition) is 4. The van der Waals surface area contributed by atoms with E-state index in [1.165, 1.54) is 4.90 Å². The highest BCUT2D eigenvalue weighted by molar-refractivity contribution is 6.41. The molecule has 0 bridgehead atoms. The molecule has 0 atom stereocenters. The van der Waals surface area contributed by atoms with Gasteiger partial charge in [-0.2, -0.15) is 0 Å². The van der Waals surface area contributed by atoms with E-state index in [1.54, 1.807) is 25.3 Å². The van der Waals surface area contributed by atoms with Crippen LogP contribution in [0.4, 0.5) is 5.69 Å². The van der Waals surface area contributed by atoms with Gasteiger partial charge in [-0.3, -0.25) is 14.5 Å². The van der Waals surface area contributed by atoms with Gasteiger partial charge < -0.3 is 10.1 Å². The number of aryl methyl sites for hydroxylation is 2. The molecule has 152 valence electrons. The zero-order valence-corrected chi connectivity index (χ0v) is 18.0. The van der Waals surface area contributed by atoms with E-state index >= 15 is 0 Å². The molecule has 2 amide bonds. The van der Waals surface area contributed by atoms with Gasteiger partial charge in [0.1, 0.15) is 5.70 Å². The monoisotopic (exact) mass is 432 g/mol. The average Bonchev–Trinajstić information content (AvgIpc) is 2.88. The SMILES string of the molecule is COCCCN1C(=O)C(Nc2ccc(C)cc2C)=C(c2ccc(Cl)cc2Cl)C1=O. The van der Waals surface area contributed by atoms with Crippen LogP contribution in [0, 0.1) is 13.8 Å². The lowest BCUT2D eigenvalue weighted by Gasteiger charge is -2.15. The van der Waals surface area contributed by atoms with E-state index in [-0.39, 0.29) is 29.6 Å². The van der Waals surface area contributed by atoms with Crippen LogP contribution in [0.25, 0.3) is 5.57 Å². The molecule has 0 spiro atoms. The lowest BCUT2D eigenvalue weighted by Crippen LogP contribution is -2.34. The number of rotatable bonds is 7. The Kier molecular flexibility index (Phi) is 6.63. The van der Waals surface area contributed by atoms with Crippen molar-refractivity contribution in [1.29, 1.82) is 0 Å². The highest BCUT2D eigenvalue weighted by atomic mass is 35.5. The minimum atomic E-state index is -0.386. The van der Waals surface area contributed by atoms with Crippen LogP contribution in [0.2, 0.25) is 10.0 Å². The average molecular weight is 433 g/mol. The number of carbonyl (C=O) groups is 2. The summed E-state index contributed by atoms with van der Waals surface area (Å²) in [6.45, 7) is 4.66. The number of methoxy groups -OCH3 is 1. The van der Waals surface area contributed by atoms with Crippen molar-refractivity contribution in [3.05, 3.63) is 68.8 Å². The predicted molar refractivity (Wildman–Crippen MR) is 116 cm³/mol. The van der Waals surface area contributed by atoms with Crippen molar-refractivity contribution in [3.63, 3.8) is 0 Å². The van der Waals surface area contributed by atoms with Crippen LogP contribution in [-0.4, -0.2) is 37.0 Å². The first-order valence-corrected chi connectivity index (χ1v) is 9.98. The molecule has 1 aliphatic rings. The molecule has 0 saturated carbocycles. The summed E-state index contributed by atoms with van der Waals surface area (Å²) >= 11 is 12.4. The Morgan fingerprint density at radius 3 is 2.45 bits per heavy atom. The fourth-order valence-corrected chi connectivity index (χ4v) is 3.80. The van der Waals surface area contributed by atoms with Gasteiger partial charge in [-0.25, -0.2) is 0 Å². The quantitative estimate of drug-likeness (QED) is 0.502. The summed E-state index contributed by atoms with van der Waals surface area (Å²) in [5.74, 6) is -0.769. The number of carbonyl (C=O) groups excluding carboxylic acids is 2. The van der Waals surface area contributed by atoms with E-state index < -0.39 is 0 Å².